The van der Waals surface area contributed by atoms with Crippen LogP contribution in [-0.2, 0) is 12.7 Å². The lowest BCUT2D eigenvalue weighted by Gasteiger charge is -2.31. The summed E-state index contributed by atoms with van der Waals surface area (Å²) in [6, 6.07) is 3.46. The second-order valence-corrected chi connectivity index (χ2v) is 7.00. The van der Waals surface area contributed by atoms with Crippen molar-refractivity contribution in [2.75, 3.05) is 23.3 Å². The molecule has 0 atom stereocenters. The Hall–Kier alpha value is -1.55. The Bertz CT molecular complexity index is 795. The quantitative estimate of drug-likeness (QED) is 0.698. The van der Waals surface area contributed by atoms with Crippen LogP contribution in [0.25, 0.3) is 0 Å². The molecule has 1 fully saturated rings. The fourth-order valence-corrected chi connectivity index (χ4v) is 3.57. The number of aromatic nitrogens is 1. The van der Waals surface area contributed by atoms with E-state index in [0.717, 1.165) is 44.5 Å². The van der Waals surface area contributed by atoms with E-state index < -0.39 is 17.6 Å². The maximum Gasteiger partial charge on any atom is 0.416 e. The number of alkyl halides is 3. The highest BCUT2D eigenvalue weighted by Crippen LogP contribution is 2.36. The van der Waals surface area contributed by atoms with Crippen molar-refractivity contribution in [2.45, 2.75) is 32.0 Å². The van der Waals surface area contributed by atoms with Crippen LogP contribution in [0.1, 0.15) is 40.3 Å². The largest absolute Gasteiger partial charge is 0.416 e. The van der Waals surface area contributed by atoms with Gasteiger partial charge in [-0.1, -0.05) is 0 Å². The lowest BCUT2D eigenvalue weighted by atomic mass is 10.1. The van der Waals surface area contributed by atoms with Crippen molar-refractivity contribution < 1.29 is 18.0 Å². The number of carbonyl (C=O) groups excluding carboxylic acids is 1. The van der Waals surface area contributed by atoms with Crippen molar-refractivity contribution in [2.24, 2.45) is 5.73 Å². The van der Waals surface area contributed by atoms with E-state index in [-0.39, 0.29) is 42.7 Å². The van der Waals surface area contributed by atoms with Crippen LogP contribution >= 0.6 is 36.2 Å². The predicted octanol–water partition coefficient (Wildman–Crippen LogP) is 4.71. The first-order chi connectivity index (χ1) is 12.4. The molecule has 1 aliphatic rings. The van der Waals surface area contributed by atoms with Crippen molar-refractivity contribution in [3.8, 4) is 0 Å². The Balaban J connectivity index is 0.00000196. The first-order valence-electron chi connectivity index (χ1n) is 8.30. The van der Waals surface area contributed by atoms with Crippen LogP contribution in [0.3, 0.4) is 0 Å². The maximum absolute atomic E-state index is 13.1. The van der Waals surface area contributed by atoms with Gasteiger partial charge in [-0.15, -0.1) is 36.2 Å². The summed E-state index contributed by atoms with van der Waals surface area (Å²) in [6.45, 7) is 1.71. The first kappa shape index (κ1) is 24.5. The molecule has 0 spiro atoms. The van der Waals surface area contributed by atoms with Gasteiger partial charge in [-0.3, -0.25) is 4.79 Å². The van der Waals surface area contributed by atoms with Crippen molar-refractivity contribution in [1.82, 2.24) is 4.98 Å². The minimum atomic E-state index is -4.48. The second-order valence-electron chi connectivity index (χ2n) is 6.06. The van der Waals surface area contributed by atoms with Crippen molar-refractivity contribution >= 4 is 53.4 Å². The molecule has 3 N–H and O–H groups in total. The topological polar surface area (TPSA) is 71.2 Å². The third-order valence-corrected chi connectivity index (χ3v) is 5.10. The minimum Gasteiger partial charge on any atom is -0.370 e. The van der Waals surface area contributed by atoms with Gasteiger partial charge in [0, 0.05) is 25.0 Å². The Kier molecular flexibility index (Phi) is 9.00. The number of amides is 1. The van der Waals surface area contributed by atoms with Gasteiger partial charge >= 0.3 is 6.18 Å². The number of carbonyl (C=O) groups is 1. The van der Waals surface area contributed by atoms with Crippen LogP contribution in [-0.4, -0.2) is 24.0 Å². The summed E-state index contributed by atoms with van der Waals surface area (Å²) < 4.78 is 39.3. The number of thiazole rings is 1. The smallest absolute Gasteiger partial charge is 0.370 e. The summed E-state index contributed by atoms with van der Waals surface area (Å²) in [4.78, 5) is 18.5. The molecule has 0 unspecified atom stereocenters. The third kappa shape index (κ3) is 5.73. The monoisotopic (exact) mass is 456 g/mol. The van der Waals surface area contributed by atoms with E-state index in [1.807, 2.05) is 4.90 Å². The molecule has 5 nitrogen and oxygen atoms in total. The molecule has 1 aromatic heterocycles. The van der Waals surface area contributed by atoms with Gasteiger partial charge in [0.15, 0.2) is 0 Å². The molecule has 1 amide bonds. The molecule has 0 aliphatic carbocycles. The van der Waals surface area contributed by atoms with E-state index in [4.69, 9.17) is 5.73 Å². The van der Waals surface area contributed by atoms with Gasteiger partial charge in [0.05, 0.1) is 16.9 Å². The molecule has 0 bridgehead atoms. The number of hydrogen-bond donors (Lipinski definition) is 2. The van der Waals surface area contributed by atoms with Crippen LogP contribution < -0.4 is 16.0 Å². The molecule has 156 valence electrons. The van der Waals surface area contributed by atoms with E-state index in [1.165, 1.54) is 17.4 Å². The molecule has 1 saturated heterocycles. The number of nitrogens with zero attached hydrogens (tertiary/aromatic N) is 2. The lowest BCUT2D eigenvalue weighted by molar-refractivity contribution is -0.137. The van der Waals surface area contributed by atoms with Crippen molar-refractivity contribution in [3.63, 3.8) is 0 Å². The number of piperidine rings is 1. The van der Waals surface area contributed by atoms with Crippen molar-refractivity contribution in [3.05, 3.63) is 39.8 Å². The summed E-state index contributed by atoms with van der Waals surface area (Å²) in [5, 5.41) is 4.74. The minimum absolute atomic E-state index is 0. The predicted molar refractivity (Wildman–Crippen MR) is 110 cm³/mol. The molecular weight excluding hydrogens is 436 g/mol. The summed E-state index contributed by atoms with van der Waals surface area (Å²) in [5.74, 6) is -0.543. The van der Waals surface area contributed by atoms with Crippen molar-refractivity contribution in [1.29, 1.82) is 0 Å². The molecule has 2 heterocycles. The van der Waals surface area contributed by atoms with E-state index in [0.29, 0.717) is 10.7 Å². The van der Waals surface area contributed by atoms with E-state index in [2.05, 4.69) is 10.3 Å². The fraction of sp³-hybridized carbons (Fsp3) is 0.412. The number of rotatable bonds is 4. The van der Waals surface area contributed by atoms with E-state index >= 15 is 0 Å². The highest BCUT2D eigenvalue weighted by Gasteiger charge is 2.32. The van der Waals surface area contributed by atoms with Gasteiger partial charge in [-0.25, -0.2) is 4.98 Å². The van der Waals surface area contributed by atoms with Crippen LogP contribution in [0.2, 0.25) is 0 Å². The number of benzene rings is 1. The van der Waals surface area contributed by atoms with Gasteiger partial charge in [0.25, 0.3) is 5.91 Å². The van der Waals surface area contributed by atoms with Gasteiger partial charge in [-0.2, -0.15) is 13.2 Å². The lowest BCUT2D eigenvalue weighted by Crippen LogP contribution is -2.30. The SMILES string of the molecule is Cl.Cl.NCc1nc(C(=O)Nc2cc(C(F)(F)F)ccc2N2CCCCC2)cs1. The summed E-state index contributed by atoms with van der Waals surface area (Å²) in [6.07, 6.45) is -1.44. The van der Waals surface area contributed by atoms with Crippen LogP contribution in [0, 0.1) is 0 Å². The zero-order valence-electron chi connectivity index (χ0n) is 14.8. The van der Waals surface area contributed by atoms with Crippen LogP contribution in [0.5, 0.6) is 0 Å². The summed E-state index contributed by atoms with van der Waals surface area (Å²) in [5.41, 5.74) is 5.59. The van der Waals surface area contributed by atoms with Gasteiger partial charge in [0.2, 0.25) is 0 Å². The number of hydrogen-bond acceptors (Lipinski definition) is 5. The number of nitrogens with one attached hydrogen (secondary N) is 1. The van der Waals surface area contributed by atoms with E-state index in [1.54, 1.807) is 5.38 Å². The highest BCUT2D eigenvalue weighted by molar-refractivity contribution is 7.09. The molecule has 0 saturated carbocycles. The van der Waals surface area contributed by atoms with Gasteiger partial charge in [0.1, 0.15) is 10.7 Å². The molecule has 1 aliphatic heterocycles. The zero-order valence-corrected chi connectivity index (χ0v) is 17.2. The molecule has 1 aromatic carbocycles. The Morgan fingerprint density at radius 1 is 1.21 bits per heavy atom. The third-order valence-electron chi connectivity index (χ3n) is 4.23. The van der Waals surface area contributed by atoms with Crippen LogP contribution in [0.15, 0.2) is 23.6 Å². The normalized spacial score (nSPS) is 14.1. The maximum atomic E-state index is 13.1. The zero-order chi connectivity index (χ0) is 18.7. The van der Waals surface area contributed by atoms with Gasteiger partial charge in [-0.05, 0) is 37.5 Å². The van der Waals surface area contributed by atoms with Crippen LogP contribution in [0.4, 0.5) is 24.5 Å². The van der Waals surface area contributed by atoms with E-state index in [9.17, 15) is 18.0 Å². The summed E-state index contributed by atoms with van der Waals surface area (Å²) in [7, 11) is 0. The Labute approximate surface area is 177 Å². The molecule has 3 rings (SSSR count). The standard InChI is InChI=1S/C17H19F3N4OS.2ClH/c18-17(19,20)11-4-5-14(24-6-2-1-3-7-24)12(8-11)23-16(25)13-10-26-15(9-21)22-13;;/h4-5,8,10H,1-3,6-7,9,21H2,(H,23,25);2*1H. The molecule has 28 heavy (non-hydrogen) atoms. The average molecular weight is 457 g/mol. The Morgan fingerprint density at radius 3 is 2.46 bits per heavy atom. The number of halogens is 5. The average Bonchev–Trinajstić information content (AvgIpc) is 3.11. The number of nitrogens with two attached hydrogens (primary N) is 1. The molecular formula is C17H21Cl2F3N4OS. The number of anilines is 2. The Morgan fingerprint density at radius 2 is 1.89 bits per heavy atom. The molecule has 0 radical (unpaired) electrons. The molecule has 11 heteroatoms. The second kappa shape index (κ2) is 10.3. The first-order valence-corrected chi connectivity index (χ1v) is 9.18. The fourth-order valence-electron chi connectivity index (χ4n) is 2.92. The highest BCUT2D eigenvalue weighted by atomic mass is 35.5. The van der Waals surface area contributed by atoms with Gasteiger partial charge < -0.3 is 16.0 Å². The molecule has 2 aromatic rings. The summed E-state index contributed by atoms with van der Waals surface area (Å²) >= 11 is 1.24.